The maximum absolute atomic E-state index is 16.8. The smallest absolute Gasteiger partial charge is 0.264 e. The zero-order chi connectivity index (χ0) is 44.2. The molecule has 5 aromatic carbocycles. The molecule has 12 nitrogen and oxygen atoms in total. The maximum Gasteiger partial charge on any atom is 0.264 e. The number of fused-ring (bicyclic) bond motifs is 2. The molecule has 0 aromatic heterocycles. The topological polar surface area (TPSA) is 147 Å². The van der Waals surface area contributed by atoms with Crippen molar-refractivity contribution in [2.75, 3.05) is 42.9 Å². The Kier molecular flexibility index (Phi) is 12.9. The first-order valence-corrected chi connectivity index (χ1v) is 23.5. The molecule has 5 aromatic rings. The molecule has 2 heterocycles. The molecular formula is C48H51FN4O8Si. The molecule has 3 N–H and O–H groups in total. The van der Waals surface area contributed by atoms with Crippen molar-refractivity contribution in [3.05, 3.63) is 149 Å². The Morgan fingerprint density at radius 1 is 0.806 bits per heavy atom. The first-order valence-electron chi connectivity index (χ1n) is 20.5. The molecule has 2 aliphatic rings. The number of halogens is 1. The van der Waals surface area contributed by atoms with E-state index < -0.39 is 37.5 Å². The molecule has 0 bridgehead atoms. The molecule has 7 rings (SSSR count). The number of hydrogen-bond acceptors (Lipinski definition) is 8. The van der Waals surface area contributed by atoms with E-state index in [1.54, 1.807) is 111 Å². The Hall–Kier alpha value is -6.35. The Labute approximate surface area is 361 Å². The predicted octanol–water partition coefficient (Wildman–Crippen LogP) is 7.94. The second-order valence-electron chi connectivity index (χ2n) is 16.2. The van der Waals surface area contributed by atoms with E-state index in [9.17, 15) is 19.5 Å². The van der Waals surface area contributed by atoms with Gasteiger partial charge in [0.2, 0.25) is 14.3 Å². The third-order valence-corrected chi connectivity index (χ3v) is 14.2. The minimum atomic E-state index is -3.66. The molecule has 0 unspecified atom stereocenters. The fraction of sp³-hybridized carbons (Fsp3) is 0.292. The Morgan fingerprint density at radius 2 is 1.37 bits per heavy atom. The van der Waals surface area contributed by atoms with Gasteiger partial charge in [-0.05, 0) is 103 Å². The Balaban J connectivity index is 1.21. The Morgan fingerprint density at radius 3 is 1.92 bits per heavy atom. The second kappa shape index (κ2) is 18.3. The number of hydrogen-bond donors (Lipinski definition) is 3. The lowest BCUT2D eigenvalue weighted by Crippen LogP contribution is -2.45. The van der Waals surface area contributed by atoms with Gasteiger partial charge in [-0.2, -0.15) is 0 Å². The SMILES string of the molecule is COc1ccc(C(=O)Nc2ccc(CN3C(=O)[C@]4(O[C@H](CC(=O)N(CCO)Cc5ccccc5)[C@@H]([Si](C)(C)F)[C@@H]4C)c4cc(NC(=O)c5ccc(OC)cc5)ccc43)cc2)cc1. The number of rotatable bonds is 15. The zero-order valence-corrected chi connectivity index (χ0v) is 36.4. The summed E-state index contributed by atoms with van der Waals surface area (Å²) < 4.78 is 34.1. The van der Waals surface area contributed by atoms with Gasteiger partial charge in [0, 0.05) is 52.6 Å². The van der Waals surface area contributed by atoms with Gasteiger partial charge in [-0.1, -0.05) is 49.4 Å². The number of anilines is 3. The van der Waals surface area contributed by atoms with Gasteiger partial charge in [0.15, 0.2) is 5.60 Å². The van der Waals surface area contributed by atoms with Crippen LogP contribution in [-0.2, 0) is 33.0 Å². The molecule has 0 aliphatic carbocycles. The molecule has 0 saturated carbocycles. The lowest BCUT2D eigenvalue weighted by atomic mass is 9.82. The lowest BCUT2D eigenvalue weighted by molar-refractivity contribution is -0.150. The number of aliphatic hydroxyl groups excluding tert-OH is 1. The van der Waals surface area contributed by atoms with Gasteiger partial charge < -0.3 is 43.9 Å². The quantitative estimate of drug-likeness (QED) is 0.0711. The minimum absolute atomic E-state index is 0.0685. The summed E-state index contributed by atoms with van der Waals surface area (Å²) in [5, 5.41) is 15.8. The number of benzene rings is 5. The number of methoxy groups -OCH3 is 2. The van der Waals surface area contributed by atoms with Gasteiger partial charge in [0.1, 0.15) is 11.5 Å². The summed E-state index contributed by atoms with van der Waals surface area (Å²) in [5.41, 5.74) is 1.92. The molecule has 0 radical (unpaired) electrons. The van der Waals surface area contributed by atoms with Crippen molar-refractivity contribution in [3.63, 3.8) is 0 Å². The van der Waals surface area contributed by atoms with Crippen LogP contribution in [0.25, 0.3) is 0 Å². The number of nitrogens with one attached hydrogen (secondary N) is 2. The van der Waals surface area contributed by atoms with E-state index in [2.05, 4.69) is 10.6 Å². The highest BCUT2D eigenvalue weighted by atomic mass is 28.4. The van der Waals surface area contributed by atoms with Crippen molar-refractivity contribution in [3.8, 4) is 11.5 Å². The minimum Gasteiger partial charge on any atom is -0.497 e. The summed E-state index contributed by atoms with van der Waals surface area (Å²) in [6, 6.07) is 35.1. The van der Waals surface area contributed by atoms with Crippen LogP contribution in [0.5, 0.6) is 11.5 Å². The highest BCUT2D eigenvalue weighted by molar-refractivity contribution is 6.72. The van der Waals surface area contributed by atoms with E-state index in [0.29, 0.717) is 45.3 Å². The van der Waals surface area contributed by atoms with Crippen LogP contribution >= 0.6 is 0 Å². The van der Waals surface area contributed by atoms with E-state index >= 15 is 8.90 Å². The average molecular weight is 859 g/mol. The van der Waals surface area contributed by atoms with E-state index in [1.807, 2.05) is 49.4 Å². The van der Waals surface area contributed by atoms with E-state index in [1.165, 1.54) is 4.90 Å². The molecule has 2 aliphatic heterocycles. The average Bonchev–Trinajstić information content (AvgIpc) is 3.69. The number of carbonyl (C=O) groups excluding carboxylic acids is 4. The van der Waals surface area contributed by atoms with Gasteiger partial charge in [-0.3, -0.25) is 19.2 Å². The second-order valence-corrected chi connectivity index (χ2v) is 20.0. The molecule has 4 atom stereocenters. The molecule has 1 spiro atoms. The summed E-state index contributed by atoms with van der Waals surface area (Å²) in [7, 11) is -0.567. The van der Waals surface area contributed by atoms with Crippen LogP contribution < -0.4 is 25.0 Å². The summed E-state index contributed by atoms with van der Waals surface area (Å²) >= 11 is 0. The summed E-state index contributed by atoms with van der Waals surface area (Å²) in [5.74, 6) is -0.907. The number of carbonyl (C=O) groups is 4. The van der Waals surface area contributed by atoms with Crippen LogP contribution in [0.3, 0.4) is 0 Å². The van der Waals surface area contributed by atoms with Gasteiger partial charge in [0.25, 0.3) is 17.7 Å². The first-order chi connectivity index (χ1) is 29.7. The standard InChI is InChI=1S/C48H51FN4O8Si/c1-31-44(62(4,5)49)42(28-43(55)52(25-26-54)29-32-9-7-6-8-10-32)61-48(31)40-27-37(51-46(57)35-15-22-39(60-3)23-16-35)19-24-41(40)53(47(48)58)30-33-11-17-36(18-12-33)50-45(56)34-13-20-38(59-2)21-14-34/h6-24,27,31,42,44,54H,25-26,28-30H2,1-5H3,(H,50,56)(H,51,57)/t31-,42+,44-,48+/m0/s1. The van der Waals surface area contributed by atoms with E-state index in [-0.39, 0.29) is 50.4 Å². The van der Waals surface area contributed by atoms with Gasteiger partial charge in [-0.25, -0.2) is 0 Å². The zero-order valence-electron chi connectivity index (χ0n) is 35.4. The number of amides is 4. The molecule has 1 fully saturated rings. The Bertz CT molecular complexity index is 2410. The third kappa shape index (κ3) is 8.98. The fourth-order valence-electron chi connectivity index (χ4n) is 8.77. The highest BCUT2D eigenvalue weighted by Gasteiger charge is 2.67. The molecule has 14 heteroatoms. The normalized spacial score (nSPS) is 19.2. The predicted molar refractivity (Wildman–Crippen MR) is 238 cm³/mol. The van der Waals surface area contributed by atoms with Crippen molar-refractivity contribution in [2.24, 2.45) is 5.92 Å². The summed E-state index contributed by atoms with van der Waals surface area (Å²) in [6.45, 7) is 5.11. The monoisotopic (exact) mass is 858 g/mol. The highest BCUT2D eigenvalue weighted by Crippen LogP contribution is 2.60. The molecule has 1 saturated heterocycles. The van der Waals surface area contributed by atoms with E-state index in [4.69, 9.17) is 14.2 Å². The molecular weight excluding hydrogens is 808 g/mol. The van der Waals surface area contributed by atoms with Crippen LogP contribution in [-0.4, -0.2) is 75.5 Å². The lowest BCUT2D eigenvalue weighted by Gasteiger charge is -2.31. The van der Waals surface area contributed by atoms with Crippen molar-refractivity contribution >= 4 is 49.1 Å². The molecule has 4 amide bonds. The van der Waals surface area contributed by atoms with Crippen LogP contribution in [0.1, 0.15) is 50.8 Å². The van der Waals surface area contributed by atoms with Crippen LogP contribution in [0.15, 0.2) is 121 Å². The van der Waals surface area contributed by atoms with Crippen molar-refractivity contribution in [2.45, 2.75) is 56.8 Å². The molecule has 322 valence electrons. The van der Waals surface area contributed by atoms with Gasteiger partial charge >= 0.3 is 0 Å². The maximum atomic E-state index is 16.8. The van der Waals surface area contributed by atoms with Crippen LogP contribution in [0.4, 0.5) is 21.2 Å². The van der Waals surface area contributed by atoms with Crippen LogP contribution in [0, 0.1) is 5.92 Å². The molecule has 62 heavy (non-hydrogen) atoms. The van der Waals surface area contributed by atoms with Gasteiger partial charge in [0.05, 0.1) is 45.6 Å². The third-order valence-electron chi connectivity index (χ3n) is 11.8. The van der Waals surface area contributed by atoms with Crippen molar-refractivity contribution in [1.82, 2.24) is 4.90 Å². The van der Waals surface area contributed by atoms with E-state index in [0.717, 1.165) is 11.1 Å². The summed E-state index contributed by atoms with van der Waals surface area (Å²) in [4.78, 5) is 58.9. The number of aliphatic hydroxyl groups is 1. The first kappa shape index (κ1) is 43.7. The van der Waals surface area contributed by atoms with Crippen LogP contribution in [0.2, 0.25) is 18.6 Å². The largest absolute Gasteiger partial charge is 0.497 e. The fourth-order valence-corrected chi connectivity index (χ4v) is 11.3. The summed E-state index contributed by atoms with van der Waals surface area (Å²) in [6.07, 6.45) is -1.17. The van der Waals surface area contributed by atoms with Crippen molar-refractivity contribution in [1.29, 1.82) is 0 Å². The van der Waals surface area contributed by atoms with Crippen molar-refractivity contribution < 1.29 is 42.6 Å². The van der Waals surface area contributed by atoms with Gasteiger partial charge in [-0.15, -0.1) is 0 Å². The number of ether oxygens (including phenoxy) is 3. The number of nitrogens with zero attached hydrogens (tertiary/aromatic N) is 2.